The van der Waals surface area contributed by atoms with Gasteiger partial charge < -0.3 is 0 Å². The predicted molar refractivity (Wildman–Crippen MR) is 94.3 cm³/mol. The summed E-state index contributed by atoms with van der Waals surface area (Å²) >= 11 is 0. The first-order valence-electron chi connectivity index (χ1n) is 7.82. The number of aliphatic imine (C=N–C) groups is 1. The van der Waals surface area contributed by atoms with Crippen LogP contribution in [0, 0.1) is 0 Å². The highest BCUT2D eigenvalue weighted by molar-refractivity contribution is 5.90. The molecule has 0 spiro atoms. The minimum Gasteiger partial charge on any atom is -0.264 e. The molecule has 2 aromatic heterocycles. The van der Waals surface area contributed by atoms with Gasteiger partial charge in [-0.3, -0.25) is 4.99 Å². The zero-order valence-electron chi connectivity index (χ0n) is 13.9. The molecule has 2 heterocycles. The lowest BCUT2D eigenvalue weighted by Crippen LogP contribution is -2.06. The Balaban J connectivity index is 2.27. The van der Waals surface area contributed by atoms with E-state index in [2.05, 4.69) is 16.8 Å². The van der Waals surface area contributed by atoms with E-state index in [0.717, 1.165) is 12.3 Å². The normalized spacial score (nSPS) is 15.7. The van der Waals surface area contributed by atoms with E-state index in [4.69, 9.17) is 0 Å². The topological polar surface area (TPSA) is 29.7 Å². The lowest BCUT2D eigenvalue weighted by Gasteiger charge is -2.07. The lowest BCUT2D eigenvalue weighted by atomic mass is 10.0. The smallest absolute Gasteiger partial charge is 0.264 e. The van der Waals surface area contributed by atoms with Crippen molar-refractivity contribution in [2.45, 2.75) is 19.5 Å². The van der Waals surface area contributed by atoms with Crippen molar-refractivity contribution in [2.75, 3.05) is 0 Å². The number of rotatable bonds is 3. The molecule has 0 unspecified atom stereocenters. The van der Waals surface area contributed by atoms with Crippen LogP contribution in [-0.2, 0) is 6.18 Å². The highest BCUT2D eigenvalue weighted by Gasteiger charge is 2.31. The van der Waals surface area contributed by atoms with Crippen LogP contribution in [0.1, 0.15) is 30.2 Å². The SMILES string of the molecule is C=N/C(=C\C)c1c(C2=CCC=C(F)C=C2)nn2cc(C(F)(F)F)ccc12. The number of halogens is 4. The minimum absolute atomic E-state index is 0.349. The Morgan fingerprint density at radius 2 is 2.04 bits per heavy atom. The molecule has 2 aromatic rings. The molecule has 0 fully saturated rings. The van der Waals surface area contributed by atoms with Gasteiger partial charge in [-0.25, -0.2) is 8.91 Å². The van der Waals surface area contributed by atoms with Crippen molar-refractivity contribution in [2.24, 2.45) is 4.99 Å². The van der Waals surface area contributed by atoms with Crippen LogP contribution >= 0.6 is 0 Å². The van der Waals surface area contributed by atoms with E-state index in [1.807, 2.05) is 0 Å². The summed E-state index contributed by atoms with van der Waals surface area (Å²) in [6.07, 6.45) is 4.51. The van der Waals surface area contributed by atoms with Crippen LogP contribution in [0.25, 0.3) is 16.8 Å². The van der Waals surface area contributed by atoms with Gasteiger partial charge in [-0.1, -0.05) is 18.2 Å². The summed E-state index contributed by atoms with van der Waals surface area (Å²) in [6.45, 7) is 5.28. The standard InChI is InChI=1S/C19H15F4N3/c1-3-15(24-2)17-16-10-8-13(19(21,22)23)11-26(16)25-18(17)12-5-4-6-14(20)9-7-12/h3,5-11H,2,4H2,1H3/b15-3-. The second-order valence-corrected chi connectivity index (χ2v) is 5.62. The molecule has 134 valence electrons. The van der Waals surface area contributed by atoms with Gasteiger partial charge in [0.1, 0.15) is 11.5 Å². The maximum atomic E-state index is 13.5. The van der Waals surface area contributed by atoms with E-state index < -0.39 is 11.7 Å². The zero-order chi connectivity index (χ0) is 18.9. The number of fused-ring (bicyclic) bond motifs is 1. The number of allylic oxidation sites excluding steroid dienone is 7. The minimum atomic E-state index is -4.48. The van der Waals surface area contributed by atoms with Crippen molar-refractivity contribution in [3.05, 3.63) is 71.4 Å². The molecule has 0 saturated heterocycles. The first-order valence-corrected chi connectivity index (χ1v) is 7.82. The quantitative estimate of drug-likeness (QED) is 0.516. The number of pyridine rings is 1. The molecule has 0 bridgehead atoms. The van der Waals surface area contributed by atoms with Crippen LogP contribution < -0.4 is 0 Å². The van der Waals surface area contributed by atoms with Gasteiger partial charge in [0.15, 0.2) is 0 Å². The maximum Gasteiger partial charge on any atom is 0.417 e. The van der Waals surface area contributed by atoms with Gasteiger partial charge in [0.2, 0.25) is 0 Å². The van der Waals surface area contributed by atoms with Crippen molar-refractivity contribution < 1.29 is 17.6 Å². The molecule has 0 aliphatic heterocycles. The summed E-state index contributed by atoms with van der Waals surface area (Å²) in [4.78, 5) is 3.96. The number of nitrogens with zero attached hydrogens (tertiary/aromatic N) is 3. The Hall–Kier alpha value is -2.96. The van der Waals surface area contributed by atoms with Crippen LogP contribution in [0.15, 0.2) is 59.5 Å². The van der Waals surface area contributed by atoms with Gasteiger partial charge in [-0.15, -0.1) is 0 Å². The molecule has 1 aliphatic carbocycles. The van der Waals surface area contributed by atoms with Crippen LogP contribution in [0.3, 0.4) is 0 Å². The average molecular weight is 361 g/mol. The molecule has 3 rings (SSSR count). The zero-order valence-corrected chi connectivity index (χ0v) is 13.9. The van der Waals surface area contributed by atoms with Crippen molar-refractivity contribution in [3.8, 4) is 0 Å². The van der Waals surface area contributed by atoms with E-state index in [9.17, 15) is 17.6 Å². The van der Waals surface area contributed by atoms with Crippen LogP contribution in [-0.4, -0.2) is 16.3 Å². The summed E-state index contributed by atoms with van der Waals surface area (Å²) in [5.74, 6) is -0.381. The fourth-order valence-corrected chi connectivity index (χ4v) is 2.77. The molecule has 3 nitrogen and oxygen atoms in total. The molecular weight excluding hydrogens is 346 g/mol. The van der Waals surface area contributed by atoms with Crippen molar-refractivity contribution in [1.82, 2.24) is 9.61 Å². The van der Waals surface area contributed by atoms with Gasteiger partial charge >= 0.3 is 6.18 Å². The summed E-state index contributed by atoms with van der Waals surface area (Å²) in [5.41, 5.74) is 1.71. The van der Waals surface area contributed by atoms with E-state index in [1.165, 1.54) is 22.7 Å². The van der Waals surface area contributed by atoms with Crippen LogP contribution in [0.4, 0.5) is 17.6 Å². The highest BCUT2D eigenvalue weighted by Crippen LogP contribution is 2.34. The van der Waals surface area contributed by atoms with Gasteiger partial charge in [0.05, 0.1) is 22.3 Å². The monoisotopic (exact) mass is 361 g/mol. The number of aromatic nitrogens is 2. The van der Waals surface area contributed by atoms with Crippen LogP contribution in [0.5, 0.6) is 0 Å². The predicted octanol–water partition coefficient (Wildman–Crippen LogP) is 5.61. The van der Waals surface area contributed by atoms with E-state index in [1.54, 1.807) is 25.2 Å². The third-order valence-corrected chi connectivity index (χ3v) is 4.00. The molecule has 7 heteroatoms. The van der Waals surface area contributed by atoms with E-state index in [-0.39, 0.29) is 5.83 Å². The molecule has 0 saturated carbocycles. The summed E-state index contributed by atoms with van der Waals surface area (Å²) in [7, 11) is 0. The Bertz CT molecular complexity index is 988. The van der Waals surface area contributed by atoms with Gasteiger partial charge in [0.25, 0.3) is 0 Å². The number of hydrogen-bond acceptors (Lipinski definition) is 2. The Morgan fingerprint density at radius 3 is 2.69 bits per heavy atom. The first-order chi connectivity index (χ1) is 12.3. The van der Waals surface area contributed by atoms with Gasteiger partial charge in [-0.2, -0.15) is 18.3 Å². The molecule has 0 N–H and O–H groups in total. The number of hydrogen-bond donors (Lipinski definition) is 0. The lowest BCUT2D eigenvalue weighted by molar-refractivity contribution is -0.137. The number of alkyl halides is 3. The molecule has 1 aliphatic rings. The average Bonchev–Trinajstić information content (AvgIpc) is 2.83. The Kier molecular flexibility index (Phi) is 4.63. The Labute approximate surface area is 147 Å². The third-order valence-electron chi connectivity index (χ3n) is 4.00. The Morgan fingerprint density at radius 1 is 1.27 bits per heavy atom. The second kappa shape index (κ2) is 6.74. The largest absolute Gasteiger partial charge is 0.417 e. The highest BCUT2D eigenvalue weighted by atomic mass is 19.4. The molecule has 0 radical (unpaired) electrons. The van der Waals surface area contributed by atoms with Crippen molar-refractivity contribution >= 4 is 23.5 Å². The summed E-state index contributed by atoms with van der Waals surface area (Å²) in [6, 6.07) is 2.35. The van der Waals surface area contributed by atoms with E-state index in [0.29, 0.717) is 34.5 Å². The van der Waals surface area contributed by atoms with Crippen molar-refractivity contribution in [1.29, 1.82) is 0 Å². The maximum absolute atomic E-state index is 13.5. The molecule has 26 heavy (non-hydrogen) atoms. The fraction of sp³-hybridized carbons (Fsp3) is 0.158. The van der Waals surface area contributed by atoms with E-state index >= 15 is 0 Å². The second-order valence-electron chi connectivity index (χ2n) is 5.62. The van der Waals surface area contributed by atoms with Crippen LogP contribution in [0.2, 0.25) is 0 Å². The summed E-state index contributed by atoms with van der Waals surface area (Å²) < 4.78 is 53.7. The molecule has 0 aromatic carbocycles. The third kappa shape index (κ3) is 3.24. The summed E-state index contributed by atoms with van der Waals surface area (Å²) in [5, 5.41) is 4.32. The van der Waals surface area contributed by atoms with Gasteiger partial charge in [-0.05, 0) is 49.9 Å². The molecular formula is C19H15F4N3. The first kappa shape index (κ1) is 17.8. The van der Waals surface area contributed by atoms with Crippen molar-refractivity contribution in [3.63, 3.8) is 0 Å². The molecule has 0 atom stereocenters. The van der Waals surface area contributed by atoms with Gasteiger partial charge in [0, 0.05) is 6.20 Å². The molecule has 0 amide bonds. The fourth-order valence-electron chi connectivity index (χ4n) is 2.77.